The van der Waals surface area contributed by atoms with Crippen LogP contribution in [-0.4, -0.2) is 48.2 Å². The summed E-state index contributed by atoms with van der Waals surface area (Å²) >= 11 is 0. The first kappa shape index (κ1) is 19.0. The predicted molar refractivity (Wildman–Crippen MR) is 111 cm³/mol. The highest BCUT2D eigenvalue weighted by molar-refractivity contribution is 5.54. The Balaban J connectivity index is 1.44. The van der Waals surface area contributed by atoms with Gasteiger partial charge in [-0.25, -0.2) is 4.98 Å². The van der Waals surface area contributed by atoms with Crippen molar-refractivity contribution in [3.8, 4) is 5.75 Å². The van der Waals surface area contributed by atoms with Crippen LogP contribution in [0.5, 0.6) is 5.75 Å². The van der Waals surface area contributed by atoms with Crippen LogP contribution < -0.4 is 15.2 Å². The molecule has 0 radical (unpaired) electrons. The van der Waals surface area contributed by atoms with Crippen LogP contribution in [0, 0.1) is 6.92 Å². The lowest BCUT2D eigenvalue weighted by Gasteiger charge is -2.29. The molecule has 1 N–H and O–H groups in total. The highest BCUT2D eigenvalue weighted by atomic mass is 16.5. The third-order valence-electron chi connectivity index (χ3n) is 5.96. The predicted octanol–water partition coefficient (Wildman–Crippen LogP) is 3.07. The topological polar surface area (TPSA) is 61.5 Å². The number of nitrogens with zero attached hydrogens (tertiary/aromatic N) is 3. The van der Waals surface area contributed by atoms with Gasteiger partial charge < -0.3 is 14.6 Å². The number of nitrogens with one attached hydrogen (secondary N) is 1. The summed E-state index contributed by atoms with van der Waals surface area (Å²) in [5.41, 5.74) is 3.34. The van der Waals surface area contributed by atoms with Crippen molar-refractivity contribution in [3.63, 3.8) is 0 Å². The van der Waals surface area contributed by atoms with E-state index >= 15 is 0 Å². The van der Waals surface area contributed by atoms with Crippen molar-refractivity contribution >= 4 is 5.69 Å². The van der Waals surface area contributed by atoms with E-state index in [1.54, 1.807) is 13.2 Å². The minimum absolute atomic E-state index is 0.0593. The lowest BCUT2D eigenvalue weighted by molar-refractivity contribution is 0.316. The first-order valence-corrected chi connectivity index (χ1v) is 10.3. The van der Waals surface area contributed by atoms with Crippen LogP contribution in [0.3, 0.4) is 0 Å². The third-order valence-corrected chi connectivity index (χ3v) is 5.96. The Kier molecular flexibility index (Phi) is 5.67. The smallest absolute Gasteiger partial charge is 0.251 e. The summed E-state index contributed by atoms with van der Waals surface area (Å²) < 4.78 is 5.72. The Morgan fingerprint density at radius 3 is 2.75 bits per heavy atom. The average Bonchev–Trinajstić information content (AvgIpc) is 3.17. The molecule has 150 valence electrons. The molecule has 2 aliphatic heterocycles. The summed E-state index contributed by atoms with van der Waals surface area (Å²) in [6.07, 6.45) is 4.91. The van der Waals surface area contributed by atoms with E-state index in [-0.39, 0.29) is 5.56 Å². The van der Waals surface area contributed by atoms with E-state index < -0.39 is 0 Å². The summed E-state index contributed by atoms with van der Waals surface area (Å²) in [6, 6.07) is 8.29. The number of rotatable bonds is 5. The number of piperidine rings is 1. The maximum absolute atomic E-state index is 11.8. The summed E-state index contributed by atoms with van der Waals surface area (Å²) in [4.78, 5) is 23.9. The molecule has 6 heteroatoms. The molecule has 1 aromatic carbocycles. The number of ether oxygens (including phenoxy) is 1. The van der Waals surface area contributed by atoms with Gasteiger partial charge in [0.2, 0.25) is 0 Å². The molecule has 0 bridgehead atoms. The van der Waals surface area contributed by atoms with Gasteiger partial charge in [-0.1, -0.05) is 6.07 Å². The standard InChI is InChI=1S/C22H30N4O2/c1-16-23-20(13-22(27)24-16)17-8-11-25(14-17)15-18-6-7-19(12-21(18)28-2)26-9-4-3-5-10-26/h6-7,12-13,17H,3-5,8-11,14-15H2,1-2H3,(H,23,24,27). The summed E-state index contributed by atoms with van der Waals surface area (Å²) in [6.45, 7) is 6.91. The lowest BCUT2D eigenvalue weighted by atomic mass is 10.0. The van der Waals surface area contributed by atoms with Gasteiger partial charge in [-0.05, 0) is 45.2 Å². The van der Waals surface area contributed by atoms with Crippen LogP contribution in [0.1, 0.15) is 48.7 Å². The van der Waals surface area contributed by atoms with Crippen LogP contribution in [0.25, 0.3) is 0 Å². The molecule has 2 fully saturated rings. The Labute approximate surface area is 166 Å². The molecule has 3 heterocycles. The highest BCUT2D eigenvalue weighted by Gasteiger charge is 2.26. The minimum atomic E-state index is -0.0593. The molecule has 1 unspecified atom stereocenters. The van der Waals surface area contributed by atoms with Crippen molar-refractivity contribution in [2.75, 3.05) is 38.2 Å². The zero-order valence-electron chi connectivity index (χ0n) is 16.9. The molecular weight excluding hydrogens is 352 g/mol. The largest absolute Gasteiger partial charge is 0.496 e. The number of hydrogen-bond acceptors (Lipinski definition) is 5. The number of H-pyrrole nitrogens is 1. The minimum Gasteiger partial charge on any atom is -0.496 e. The van der Waals surface area contributed by atoms with Crippen LogP contribution in [0.2, 0.25) is 0 Å². The van der Waals surface area contributed by atoms with Gasteiger partial charge >= 0.3 is 0 Å². The van der Waals surface area contributed by atoms with Gasteiger partial charge in [-0.15, -0.1) is 0 Å². The first-order valence-electron chi connectivity index (χ1n) is 10.3. The molecule has 0 aliphatic carbocycles. The number of anilines is 1. The average molecular weight is 383 g/mol. The molecule has 28 heavy (non-hydrogen) atoms. The van der Waals surface area contributed by atoms with Crippen LogP contribution in [0.15, 0.2) is 29.1 Å². The summed E-state index contributed by atoms with van der Waals surface area (Å²) in [7, 11) is 1.76. The van der Waals surface area contributed by atoms with Crippen LogP contribution in [-0.2, 0) is 6.54 Å². The van der Waals surface area contributed by atoms with E-state index in [4.69, 9.17) is 4.74 Å². The zero-order chi connectivity index (χ0) is 19.5. The molecule has 1 aromatic heterocycles. The second-order valence-electron chi connectivity index (χ2n) is 8.02. The number of aromatic nitrogens is 2. The Morgan fingerprint density at radius 1 is 1.18 bits per heavy atom. The number of likely N-dealkylation sites (tertiary alicyclic amines) is 1. The van der Waals surface area contributed by atoms with E-state index in [0.29, 0.717) is 11.7 Å². The Bertz CT molecular complexity index is 873. The summed E-state index contributed by atoms with van der Waals surface area (Å²) in [5, 5.41) is 0. The molecule has 2 aliphatic rings. The molecule has 4 rings (SSSR count). The maximum Gasteiger partial charge on any atom is 0.251 e. The van der Waals surface area contributed by atoms with Gasteiger partial charge in [0.25, 0.3) is 5.56 Å². The fourth-order valence-corrected chi connectivity index (χ4v) is 4.48. The van der Waals surface area contributed by atoms with Gasteiger partial charge in [-0.3, -0.25) is 9.69 Å². The molecular formula is C22H30N4O2. The second kappa shape index (κ2) is 8.35. The van der Waals surface area contributed by atoms with Crippen molar-refractivity contribution in [1.82, 2.24) is 14.9 Å². The lowest BCUT2D eigenvalue weighted by Crippen LogP contribution is -2.29. The number of aryl methyl sites for hydroxylation is 1. The van der Waals surface area contributed by atoms with E-state index in [2.05, 4.69) is 38.0 Å². The number of hydrogen-bond donors (Lipinski definition) is 1. The Hall–Kier alpha value is -2.34. The monoisotopic (exact) mass is 382 g/mol. The maximum atomic E-state index is 11.8. The van der Waals surface area contributed by atoms with Crippen molar-refractivity contribution in [2.24, 2.45) is 0 Å². The van der Waals surface area contributed by atoms with Crippen molar-refractivity contribution < 1.29 is 4.74 Å². The molecule has 0 saturated carbocycles. The van der Waals surface area contributed by atoms with E-state index in [1.807, 2.05) is 6.92 Å². The molecule has 6 nitrogen and oxygen atoms in total. The Morgan fingerprint density at radius 2 is 2.00 bits per heavy atom. The van der Waals surface area contributed by atoms with Gasteiger partial charge in [0, 0.05) is 55.5 Å². The van der Waals surface area contributed by atoms with E-state index in [0.717, 1.165) is 50.6 Å². The number of benzene rings is 1. The van der Waals surface area contributed by atoms with Crippen molar-refractivity contribution in [3.05, 3.63) is 51.7 Å². The van der Waals surface area contributed by atoms with Gasteiger partial charge in [0.1, 0.15) is 11.6 Å². The normalized spacial score (nSPS) is 20.5. The van der Waals surface area contributed by atoms with Gasteiger partial charge in [-0.2, -0.15) is 0 Å². The number of methoxy groups -OCH3 is 1. The fraction of sp³-hybridized carbons (Fsp3) is 0.545. The quantitative estimate of drug-likeness (QED) is 0.861. The van der Waals surface area contributed by atoms with Crippen LogP contribution >= 0.6 is 0 Å². The molecule has 2 saturated heterocycles. The third kappa shape index (κ3) is 4.22. The fourth-order valence-electron chi connectivity index (χ4n) is 4.48. The van der Waals surface area contributed by atoms with Gasteiger partial charge in [0.15, 0.2) is 0 Å². The van der Waals surface area contributed by atoms with Crippen molar-refractivity contribution in [1.29, 1.82) is 0 Å². The first-order chi connectivity index (χ1) is 13.6. The zero-order valence-corrected chi connectivity index (χ0v) is 16.9. The van der Waals surface area contributed by atoms with Crippen LogP contribution in [0.4, 0.5) is 5.69 Å². The highest BCUT2D eigenvalue weighted by Crippen LogP contribution is 2.31. The molecule has 0 spiro atoms. The SMILES string of the molecule is COc1cc(N2CCCCC2)ccc1CN1CCC(c2cc(=O)[nH]c(C)n2)C1. The van der Waals surface area contributed by atoms with E-state index in [1.165, 1.54) is 30.5 Å². The second-order valence-corrected chi connectivity index (χ2v) is 8.02. The summed E-state index contributed by atoms with van der Waals surface area (Å²) in [5.74, 6) is 1.98. The molecule has 2 aromatic rings. The number of aromatic amines is 1. The van der Waals surface area contributed by atoms with Gasteiger partial charge in [0.05, 0.1) is 12.8 Å². The molecule has 1 atom stereocenters. The van der Waals surface area contributed by atoms with E-state index in [9.17, 15) is 4.79 Å². The van der Waals surface area contributed by atoms with Crippen molar-refractivity contribution in [2.45, 2.75) is 45.1 Å². The molecule has 0 amide bonds.